The quantitative estimate of drug-likeness (QED) is 0.723. The van der Waals surface area contributed by atoms with Crippen LogP contribution in [0.25, 0.3) is 0 Å². The molecule has 1 aromatic rings. The first-order valence-corrected chi connectivity index (χ1v) is 7.15. The molecule has 96 valence electrons. The van der Waals surface area contributed by atoms with Gasteiger partial charge in [0.05, 0.1) is 6.54 Å². The number of amides is 1. The molecule has 4 heteroatoms. The van der Waals surface area contributed by atoms with E-state index in [2.05, 4.69) is 41.6 Å². The Hall–Kier alpha value is -0.870. The minimum absolute atomic E-state index is 0.136. The van der Waals surface area contributed by atoms with Crippen molar-refractivity contribution in [1.29, 1.82) is 0 Å². The Morgan fingerprint density at radius 3 is 2.88 bits per heavy atom. The molecule has 0 radical (unpaired) electrons. The van der Waals surface area contributed by atoms with Gasteiger partial charge < -0.3 is 5.32 Å². The highest BCUT2D eigenvalue weighted by atomic mass is 32.1. The molecule has 0 saturated carbocycles. The third kappa shape index (κ3) is 5.84. The first-order valence-electron chi connectivity index (χ1n) is 6.27. The van der Waals surface area contributed by atoms with Crippen molar-refractivity contribution in [3.05, 3.63) is 22.4 Å². The molecule has 0 atom stereocenters. The molecule has 1 N–H and O–H groups in total. The number of likely N-dealkylation sites (N-methyl/N-ethyl adjacent to an activating group) is 1. The van der Waals surface area contributed by atoms with Gasteiger partial charge in [-0.1, -0.05) is 26.3 Å². The second-order valence-electron chi connectivity index (χ2n) is 4.09. The molecule has 0 spiro atoms. The molecule has 3 nitrogen and oxygen atoms in total. The molecule has 0 aliphatic heterocycles. The van der Waals surface area contributed by atoms with Crippen molar-refractivity contribution in [2.45, 2.75) is 33.2 Å². The summed E-state index contributed by atoms with van der Waals surface area (Å²) >= 11 is 1.74. The van der Waals surface area contributed by atoms with Crippen LogP contribution in [0.4, 0.5) is 0 Å². The molecule has 0 unspecified atom stereocenters. The molecule has 0 aliphatic rings. The summed E-state index contributed by atoms with van der Waals surface area (Å²) in [5.41, 5.74) is 0. The maximum Gasteiger partial charge on any atom is 0.234 e. The van der Waals surface area contributed by atoms with Crippen LogP contribution in [-0.2, 0) is 11.3 Å². The van der Waals surface area contributed by atoms with Crippen LogP contribution in [0.5, 0.6) is 0 Å². The highest BCUT2D eigenvalue weighted by Crippen LogP contribution is 2.11. The van der Waals surface area contributed by atoms with Crippen molar-refractivity contribution < 1.29 is 4.79 Å². The average Bonchev–Trinajstić information content (AvgIpc) is 2.81. The Labute approximate surface area is 108 Å². The SMILES string of the molecule is CCCCNC(=O)CN(CC)Cc1cccs1. The molecule has 1 amide bonds. The van der Waals surface area contributed by atoms with Gasteiger partial charge >= 0.3 is 0 Å². The zero-order chi connectivity index (χ0) is 12.5. The number of hydrogen-bond donors (Lipinski definition) is 1. The van der Waals surface area contributed by atoms with Gasteiger partial charge in [-0.15, -0.1) is 11.3 Å². The predicted octanol–water partition coefficient (Wildman–Crippen LogP) is 2.49. The van der Waals surface area contributed by atoms with Crippen molar-refractivity contribution >= 4 is 17.2 Å². The van der Waals surface area contributed by atoms with Crippen LogP contribution in [0.2, 0.25) is 0 Å². The molecule has 0 saturated heterocycles. The van der Waals surface area contributed by atoms with Crippen molar-refractivity contribution in [3.63, 3.8) is 0 Å². The molecule has 0 aliphatic carbocycles. The summed E-state index contributed by atoms with van der Waals surface area (Å²) in [6, 6.07) is 4.16. The van der Waals surface area contributed by atoms with Crippen LogP contribution in [0.1, 0.15) is 31.6 Å². The predicted molar refractivity (Wildman–Crippen MR) is 73.2 cm³/mol. The van der Waals surface area contributed by atoms with E-state index in [-0.39, 0.29) is 5.91 Å². The lowest BCUT2D eigenvalue weighted by Crippen LogP contribution is -2.37. The smallest absolute Gasteiger partial charge is 0.234 e. The normalized spacial score (nSPS) is 10.8. The van der Waals surface area contributed by atoms with Crippen LogP contribution in [-0.4, -0.2) is 30.4 Å². The Kier molecular flexibility index (Phi) is 6.89. The lowest BCUT2D eigenvalue weighted by Gasteiger charge is -2.18. The number of carbonyl (C=O) groups is 1. The second-order valence-corrected chi connectivity index (χ2v) is 5.12. The number of rotatable bonds is 8. The summed E-state index contributed by atoms with van der Waals surface area (Å²) in [5, 5.41) is 5.02. The molecule has 1 aromatic heterocycles. The lowest BCUT2D eigenvalue weighted by molar-refractivity contribution is -0.122. The van der Waals surface area contributed by atoms with E-state index in [0.29, 0.717) is 6.54 Å². The average molecular weight is 254 g/mol. The van der Waals surface area contributed by atoms with Gasteiger partial charge in [-0.05, 0) is 24.4 Å². The first kappa shape index (κ1) is 14.2. The van der Waals surface area contributed by atoms with E-state index in [9.17, 15) is 4.79 Å². The largest absolute Gasteiger partial charge is 0.355 e. The van der Waals surface area contributed by atoms with Crippen LogP contribution in [0.15, 0.2) is 17.5 Å². The summed E-state index contributed by atoms with van der Waals surface area (Å²) in [5.74, 6) is 0.136. The van der Waals surface area contributed by atoms with Gasteiger partial charge in [0.25, 0.3) is 0 Å². The fourth-order valence-electron chi connectivity index (χ4n) is 1.57. The lowest BCUT2D eigenvalue weighted by atomic mass is 10.3. The van der Waals surface area contributed by atoms with Crippen molar-refractivity contribution in [2.24, 2.45) is 0 Å². The molecule has 0 bridgehead atoms. The zero-order valence-corrected chi connectivity index (χ0v) is 11.6. The molecule has 17 heavy (non-hydrogen) atoms. The highest BCUT2D eigenvalue weighted by Gasteiger charge is 2.09. The molecule has 0 fully saturated rings. The number of thiophene rings is 1. The molecule has 1 heterocycles. The number of unbranched alkanes of at least 4 members (excludes halogenated alkanes) is 1. The van der Waals surface area contributed by atoms with Gasteiger partial charge in [0.1, 0.15) is 0 Å². The third-order valence-electron chi connectivity index (χ3n) is 2.63. The van der Waals surface area contributed by atoms with E-state index < -0.39 is 0 Å². The topological polar surface area (TPSA) is 32.3 Å². The van der Waals surface area contributed by atoms with E-state index in [1.54, 1.807) is 11.3 Å². The molecule has 0 aromatic carbocycles. The van der Waals surface area contributed by atoms with Gasteiger partial charge in [-0.2, -0.15) is 0 Å². The number of carbonyl (C=O) groups excluding carboxylic acids is 1. The second kappa shape index (κ2) is 8.25. The van der Waals surface area contributed by atoms with Crippen molar-refractivity contribution in [2.75, 3.05) is 19.6 Å². The Morgan fingerprint density at radius 1 is 1.47 bits per heavy atom. The Bertz CT molecular complexity index is 311. The zero-order valence-electron chi connectivity index (χ0n) is 10.7. The molecular weight excluding hydrogens is 232 g/mol. The number of hydrogen-bond acceptors (Lipinski definition) is 3. The van der Waals surface area contributed by atoms with Gasteiger partial charge in [0, 0.05) is 18.0 Å². The van der Waals surface area contributed by atoms with Crippen molar-refractivity contribution in [1.82, 2.24) is 10.2 Å². The number of nitrogens with zero attached hydrogens (tertiary/aromatic N) is 1. The molecular formula is C13H22N2OS. The Morgan fingerprint density at radius 2 is 2.29 bits per heavy atom. The molecule has 1 rings (SSSR count). The van der Waals surface area contributed by atoms with E-state index in [4.69, 9.17) is 0 Å². The summed E-state index contributed by atoms with van der Waals surface area (Å²) in [6.07, 6.45) is 2.18. The standard InChI is InChI=1S/C13H22N2OS/c1-3-5-8-14-13(16)11-15(4-2)10-12-7-6-9-17-12/h6-7,9H,3-5,8,10-11H2,1-2H3,(H,14,16). The Balaban J connectivity index is 2.28. The third-order valence-corrected chi connectivity index (χ3v) is 3.49. The maximum absolute atomic E-state index is 11.7. The van der Waals surface area contributed by atoms with E-state index >= 15 is 0 Å². The summed E-state index contributed by atoms with van der Waals surface area (Å²) in [7, 11) is 0. The van der Waals surface area contributed by atoms with Crippen LogP contribution in [0.3, 0.4) is 0 Å². The minimum Gasteiger partial charge on any atom is -0.355 e. The van der Waals surface area contributed by atoms with Gasteiger partial charge in [-0.3, -0.25) is 9.69 Å². The van der Waals surface area contributed by atoms with E-state index in [1.165, 1.54) is 4.88 Å². The summed E-state index contributed by atoms with van der Waals surface area (Å²) in [6.45, 7) is 7.28. The summed E-state index contributed by atoms with van der Waals surface area (Å²) < 4.78 is 0. The van der Waals surface area contributed by atoms with Gasteiger partial charge in [-0.25, -0.2) is 0 Å². The van der Waals surface area contributed by atoms with Crippen LogP contribution in [0, 0.1) is 0 Å². The number of nitrogens with one attached hydrogen (secondary N) is 1. The maximum atomic E-state index is 11.7. The minimum atomic E-state index is 0.136. The van der Waals surface area contributed by atoms with Crippen LogP contribution < -0.4 is 5.32 Å². The summed E-state index contributed by atoms with van der Waals surface area (Å²) in [4.78, 5) is 15.1. The fraction of sp³-hybridized carbons (Fsp3) is 0.615. The first-order chi connectivity index (χ1) is 8.26. The van der Waals surface area contributed by atoms with Crippen LogP contribution >= 0.6 is 11.3 Å². The van der Waals surface area contributed by atoms with Gasteiger partial charge in [0.15, 0.2) is 0 Å². The van der Waals surface area contributed by atoms with Gasteiger partial charge in [0.2, 0.25) is 5.91 Å². The monoisotopic (exact) mass is 254 g/mol. The fourth-order valence-corrected chi connectivity index (χ4v) is 2.31. The van der Waals surface area contributed by atoms with Crippen molar-refractivity contribution in [3.8, 4) is 0 Å². The van der Waals surface area contributed by atoms with E-state index in [1.807, 2.05) is 0 Å². The highest BCUT2D eigenvalue weighted by molar-refractivity contribution is 7.09. The van der Waals surface area contributed by atoms with E-state index in [0.717, 1.165) is 32.5 Å².